The zero-order valence-electron chi connectivity index (χ0n) is 15.8. The van der Waals surface area contributed by atoms with E-state index in [9.17, 15) is 24.5 Å². The Balaban J connectivity index is 1.65. The average molecular weight is 411 g/mol. The van der Waals surface area contributed by atoms with E-state index in [2.05, 4.69) is 10.9 Å². The van der Waals surface area contributed by atoms with Gasteiger partial charge in [-0.1, -0.05) is 12.1 Å². The van der Waals surface area contributed by atoms with Gasteiger partial charge >= 0.3 is 5.63 Å². The smallest absolute Gasteiger partial charge is 0.349 e. The molecule has 3 rings (SSSR count). The summed E-state index contributed by atoms with van der Waals surface area (Å²) in [6.07, 6.45) is -0.120. The maximum absolute atomic E-state index is 12.3. The maximum atomic E-state index is 12.3. The largest absolute Gasteiger partial charge is 0.494 e. The summed E-state index contributed by atoms with van der Waals surface area (Å²) in [6, 6.07) is 11.7. The number of nitro groups is 1. The molecule has 0 aliphatic carbocycles. The Morgan fingerprint density at radius 2 is 1.83 bits per heavy atom. The lowest BCUT2D eigenvalue weighted by atomic mass is 10.1. The van der Waals surface area contributed by atoms with E-state index in [4.69, 9.17) is 9.15 Å². The first-order valence-electron chi connectivity index (χ1n) is 8.90. The van der Waals surface area contributed by atoms with Crippen LogP contribution in [0.4, 0.5) is 5.69 Å². The fraction of sp³-hybridized carbons (Fsp3) is 0.150. The molecule has 1 heterocycles. The van der Waals surface area contributed by atoms with E-state index < -0.39 is 22.4 Å². The van der Waals surface area contributed by atoms with Gasteiger partial charge in [0, 0.05) is 23.6 Å². The molecule has 10 heteroatoms. The SMILES string of the molecule is CCOc1ccc2cc(C(=O)NNC(=O)Cc3ccc([N+](=O)[O-])cc3)c(=O)oc2c1. The van der Waals surface area contributed by atoms with Crippen LogP contribution in [0.5, 0.6) is 5.75 Å². The molecule has 0 aliphatic rings. The highest BCUT2D eigenvalue weighted by molar-refractivity contribution is 5.97. The molecule has 2 aromatic carbocycles. The van der Waals surface area contributed by atoms with Crippen LogP contribution < -0.4 is 21.2 Å². The van der Waals surface area contributed by atoms with Crippen molar-refractivity contribution in [1.82, 2.24) is 10.9 Å². The molecule has 0 fully saturated rings. The number of nitro benzene ring substituents is 1. The molecule has 0 bridgehead atoms. The second-order valence-electron chi connectivity index (χ2n) is 6.18. The fourth-order valence-corrected chi connectivity index (χ4v) is 2.67. The van der Waals surface area contributed by atoms with Crippen LogP contribution in [0.3, 0.4) is 0 Å². The van der Waals surface area contributed by atoms with Crippen molar-refractivity contribution in [3.8, 4) is 5.75 Å². The number of benzene rings is 2. The van der Waals surface area contributed by atoms with Crippen molar-refractivity contribution in [2.45, 2.75) is 13.3 Å². The molecule has 0 saturated carbocycles. The van der Waals surface area contributed by atoms with Gasteiger partial charge in [0.2, 0.25) is 5.91 Å². The molecule has 0 radical (unpaired) electrons. The lowest BCUT2D eigenvalue weighted by Gasteiger charge is -2.08. The zero-order valence-corrected chi connectivity index (χ0v) is 15.8. The lowest BCUT2D eigenvalue weighted by Crippen LogP contribution is -2.43. The van der Waals surface area contributed by atoms with Gasteiger partial charge in [-0.15, -0.1) is 0 Å². The second kappa shape index (κ2) is 8.86. The number of amides is 2. The van der Waals surface area contributed by atoms with Crippen LogP contribution in [0.25, 0.3) is 11.0 Å². The van der Waals surface area contributed by atoms with Crippen molar-refractivity contribution in [2.24, 2.45) is 0 Å². The summed E-state index contributed by atoms with van der Waals surface area (Å²) >= 11 is 0. The number of hydrogen-bond donors (Lipinski definition) is 2. The van der Waals surface area contributed by atoms with Gasteiger partial charge in [-0.3, -0.25) is 30.6 Å². The van der Waals surface area contributed by atoms with E-state index in [1.54, 1.807) is 18.2 Å². The third-order valence-corrected chi connectivity index (χ3v) is 4.09. The van der Waals surface area contributed by atoms with Crippen LogP contribution in [-0.2, 0) is 11.2 Å². The van der Waals surface area contributed by atoms with Crippen LogP contribution in [0.1, 0.15) is 22.8 Å². The number of fused-ring (bicyclic) bond motifs is 1. The van der Waals surface area contributed by atoms with Gasteiger partial charge < -0.3 is 9.15 Å². The predicted molar refractivity (Wildman–Crippen MR) is 106 cm³/mol. The number of nitrogens with one attached hydrogen (secondary N) is 2. The number of rotatable bonds is 6. The number of ether oxygens (including phenoxy) is 1. The summed E-state index contributed by atoms with van der Waals surface area (Å²) < 4.78 is 10.5. The van der Waals surface area contributed by atoms with Crippen molar-refractivity contribution in [1.29, 1.82) is 0 Å². The van der Waals surface area contributed by atoms with E-state index in [-0.39, 0.29) is 23.3 Å². The summed E-state index contributed by atoms with van der Waals surface area (Å²) in [6.45, 7) is 2.28. The number of nitrogens with zero attached hydrogens (tertiary/aromatic N) is 1. The minimum atomic E-state index is -0.863. The van der Waals surface area contributed by atoms with Gasteiger partial charge in [-0.25, -0.2) is 4.79 Å². The van der Waals surface area contributed by atoms with Crippen molar-refractivity contribution < 1.29 is 23.7 Å². The first-order chi connectivity index (χ1) is 14.4. The number of carbonyl (C=O) groups excluding carboxylic acids is 2. The Labute approximate surface area is 169 Å². The van der Waals surface area contributed by atoms with E-state index in [1.165, 1.54) is 30.3 Å². The Hall–Kier alpha value is -4.21. The Kier molecular flexibility index (Phi) is 6.06. The minimum Gasteiger partial charge on any atom is -0.494 e. The van der Waals surface area contributed by atoms with Gasteiger partial charge in [0.05, 0.1) is 18.0 Å². The summed E-state index contributed by atoms with van der Waals surface area (Å²) in [4.78, 5) is 46.5. The second-order valence-corrected chi connectivity index (χ2v) is 6.18. The zero-order chi connectivity index (χ0) is 21.7. The van der Waals surface area contributed by atoms with E-state index in [1.807, 2.05) is 6.92 Å². The predicted octanol–water partition coefficient (Wildman–Crippen LogP) is 2.10. The van der Waals surface area contributed by atoms with Crippen LogP contribution in [0.2, 0.25) is 0 Å². The number of non-ortho nitro benzene ring substituents is 1. The lowest BCUT2D eigenvalue weighted by molar-refractivity contribution is -0.384. The molecular formula is C20H17N3O7. The molecule has 0 unspecified atom stereocenters. The van der Waals surface area contributed by atoms with Gasteiger partial charge in [0.1, 0.15) is 16.9 Å². The molecule has 0 atom stereocenters. The molecule has 30 heavy (non-hydrogen) atoms. The third kappa shape index (κ3) is 4.79. The normalized spacial score (nSPS) is 10.4. The Bertz CT molecular complexity index is 1170. The highest BCUT2D eigenvalue weighted by atomic mass is 16.6. The number of hydrazine groups is 1. The molecule has 10 nitrogen and oxygen atoms in total. The minimum absolute atomic E-state index is 0.0936. The van der Waals surface area contributed by atoms with E-state index >= 15 is 0 Å². The highest BCUT2D eigenvalue weighted by Crippen LogP contribution is 2.20. The van der Waals surface area contributed by atoms with Crippen LogP contribution in [0, 0.1) is 10.1 Å². The van der Waals surface area contributed by atoms with Gasteiger partial charge in [-0.05, 0) is 30.7 Å². The molecule has 2 N–H and O–H groups in total. The number of hydrogen-bond acceptors (Lipinski definition) is 7. The van der Waals surface area contributed by atoms with Crippen LogP contribution >= 0.6 is 0 Å². The molecule has 1 aromatic heterocycles. The quantitative estimate of drug-likeness (QED) is 0.359. The summed E-state index contributed by atoms with van der Waals surface area (Å²) in [5.41, 5.74) is 3.90. The Morgan fingerprint density at radius 1 is 1.10 bits per heavy atom. The van der Waals surface area contributed by atoms with E-state index in [0.717, 1.165) is 0 Å². The Morgan fingerprint density at radius 3 is 2.50 bits per heavy atom. The highest BCUT2D eigenvalue weighted by Gasteiger charge is 2.15. The van der Waals surface area contributed by atoms with Crippen LogP contribution in [0.15, 0.2) is 57.7 Å². The topological polar surface area (TPSA) is 141 Å². The molecule has 0 saturated heterocycles. The first kappa shape index (κ1) is 20.5. The molecule has 0 aliphatic heterocycles. The number of carbonyl (C=O) groups is 2. The van der Waals surface area contributed by atoms with Crippen molar-refractivity contribution in [3.63, 3.8) is 0 Å². The van der Waals surface area contributed by atoms with Gasteiger partial charge in [0.15, 0.2) is 0 Å². The fourth-order valence-electron chi connectivity index (χ4n) is 2.67. The standard InChI is InChI=1S/C20H17N3O7/c1-2-29-15-8-5-13-10-16(20(26)30-17(13)11-15)19(25)22-21-18(24)9-12-3-6-14(7-4-12)23(27)28/h3-8,10-11H,2,9H2,1H3,(H,21,24)(H,22,25). The summed E-state index contributed by atoms with van der Waals surface area (Å²) in [5, 5.41) is 11.2. The first-order valence-corrected chi connectivity index (χ1v) is 8.90. The summed E-state index contributed by atoms with van der Waals surface area (Å²) in [7, 11) is 0. The van der Waals surface area contributed by atoms with Gasteiger partial charge in [-0.2, -0.15) is 0 Å². The van der Waals surface area contributed by atoms with E-state index in [0.29, 0.717) is 23.3 Å². The maximum Gasteiger partial charge on any atom is 0.349 e. The van der Waals surface area contributed by atoms with Crippen molar-refractivity contribution in [3.05, 3.63) is 80.2 Å². The third-order valence-electron chi connectivity index (χ3n) is 4.09. The monoisotopic (exact) mass is 411 g/mol. The molecule has 0 spiro atoms. The average Bonchev–Trinajstić information content (AvgIpc) is 2.72. The van der Waals surface area contributed by atoms with Crippen molar-refractivity contribution in [2.75, 3.05) is 6.61 Å². The van der Waals surface area contributed by atoms with Crippen LogP contribution in [-0.4, -0.2) is 23.3 Å². The van der Waals surface area contributed by atoms with Crippen molar-refractivity contribution >= 4 is 28.5 Å². The molecule has 154 valence electrons. The molecular weight excluding hydrogens is 394 g/mol. The molecule has 2 amide bonds. The van der Waals surface area contributed by atoms with Gasteiger partial charge in [0.25, 0.3) is 11.6 Å². The summed E-state index contributed by atoms with van der Waals surface area (Å²) in [5.74, 6) is -0.871. The molecule has 3 aromatic rings.